The van der Waals surface area contributed by atoms with Crippen LogP contribution in [0, 0.1) is 6.92 Å². The summed E-state index contributed by atoms with van der Waals surface area (Å²) in [6, 6.07) is 5.58. The summed E-state index contributed by atoms with van der Waals surface area (Å²) < 4.78 is 6.90. The van der Waals surface area contributed by atoms with Crippen LogP contribution < -0.4 is 10.7 Å². The summed E-state index contributed by atoms with van der Waals surface area (Å²) in [6.45, 7) is 6.75. The van der Waals surface area contributed by atoms with Gasteiger partial charge in [-0.25, -0.2) is 0 Å². The minimum absolute atomic E-state index is 0.0491. The molecule has 0 radical (unpaired) electrons. The third kappa shape index (κ3) is 4.05. The zero-order valence-corrected chi connectivity index (χ0v) is 14.7. The fraction of sp³-hybridized carbons (Fsp3) is 0.500. The van der Waals surface area contributed by atoms with E-state index in [0.717, 1.165) is 50.3 Å². The van der Waals surface area contributed by atoms with Crippen molar-refractivity contribution < 1.29 is 9.53 Å². The number of carbonyl (C=O) groups excluding carboxylic acids is 1. The number of nitrogens with one attached hydrogen (secondary N) is 1. The first kappa shape index (κ1) is 17.6. The summed E-state index contributed by atoms with van der Waals surface area (Å²) in [6.07, 6.45) is 0.832. The number of fused-ring (bicyclic) bond motifs is 1. The lowest BCUT2D eigenvalue weighted by Gasteiger charge is -2.26. The van der Waals surface area contributed by atoms with E-state index in [2.05, 4.69) is 15.3 Å². The SMILES string of the molecule is Cc1ccc2c(c1)c(=O)c(C(=O)NCCCN1CCOCC1)nn2C. The van der Waals surface area contributed by atoms with Gasteiger partial charge in [-0.15, -0.1) is 0 Å². The highest BCUT2D eigenvalue weighted by Gasteiger charge is 2.16. The molecule has 1 aliphatic rings. The molecule has 25 heavy (non-hydrogen) atoms. The topological polar surface area (TPSA) is 76.5 Å². The van der Waals surface area contributed by atoms with Gasteiger partial charge in [0.05, 0.1) is 24.1 Å². The monoisotopic (exact) mass is 344 g/mol. The fourth-order valence-corrected chi connectivity index (χ4v) is 3.05. The number of hydrogen-bond donors (Lipinski definition) is 1. The fourth-order valence-electron chi connectivity index (χ4n) is 3.05. The lowest BCUT2D eigenvalue weighted by Crippen LogP contribution is -2.38. The zero-order chi connectivity index (χ0) is 17.8. The van der Waals surface area contributed by atoms with Crippen molar-refractivity contribution in [2.45, 2.75) is 13.3 Å². The molecule has 7 heteroatoms. The highest BCUT2D eigenvalue weighted by molar-refractivity contribution is 5.95. The number of rotatable bonds is 5. The van der Waals surface area contributed by atoms with E-state index in [1.807, 2.05) is 19.1 Å². The van der Waals surface area contributed by atoms with Crippen LogP contribution in [0.2, 0.25) is 0 Å². The van der Waals surface area contributed by atoms with Crippen LogP contribution in [0.1, 0.15) is 22.5 Å². The second kappa shape index (κ2) is 7.76. The van der Waals surface area contributed by atoms with Gasteiger partial charge >= 0.3 is 0 Å². The van der Waals surface area contributed by atoms with Gasteiger partial charge in [0.2, 0.25) is 5.43 Å². The molecule has 1 saturated heterocycles. The second-order valence-corrected chi connectivity index (χ2v) is 6.39. The third-order valence-corrected chi connectivity index (χ3v) is 4.47. The molecular formula is C18H24N4O3. The zero-order valence-electron chi connectivity index (χ0n) is 14.7. The van der Waals surface area contributed by atoms with Crippen LogP contribution in [0.5, 0.6) is 0 Å². The lowest BCUT2D eigenvalue weighted by atomic mass is 10.1. The molecule has 134 valence electrons. The van der Waals surface area contributed by atoms with Crippen LogP contribution in [0.3, 0.4) is 0 Å². The smallest absolute Gasteiger partial charge is 0.275 e. The summed E-state index contributed by atoms with van der Waals surface area (Å²) >= 11 is 0. The van der Waals surface area contributed by atoms with Gasteiger partial charge in [0.1, 0.15) is 0 Å². The molecule has 0 atom stereocenters. The number of hydrogen-bond acceptors (Lipinski definition) is 5. The van der Waals surface area contributed by atoms with Crippen molar-refractivity contribution >= 4 is 16.8 Å². The van der Waals surface area contributed by atoms with Crippen molar-refractivity contribution in [1.82, 2.24) is 20.0 Å². The van der Waals surface area contributed by atoms with Gasteiger partial charge in [0.15, 0.2) is 5.69 Å². The first-order valence-electron chi connectivity index (χ1n) is 8.62. The van der Waals surface area contributed by atoms with Gasteiger partial charge in [0, 0.05) is 26.7 Å². The number of ether oxygens (including phenoxy) is 1. The summed E-state index contributed by atoms with van der Waals surface area (Å²) in [5.41, 5.74) is 1.33. The largest absolute Gasteiger partial charge is 0.379 e. The Morgan fingerprint density at radius 3 is 2.84 bits per heavy atom. The maximum Gasteiger partial charge on any atom is 0.275 e. The Hall–Kier alpha value is -2.25. The van der Waals surface area contributed by atoms with Crippen LogP contribution in [0.25, 0.3) is 10.9 Å². The van der Waals surface area contributed by atoms with Crippen molar-refractivity contribution in [2.75, 3.05) is 39.4 Å². The van der Waals surface area contributed by atoms with Gasteiger partial charge in [0.25, 0.3) is 5.91 Å². The maximum atomic E-state index is 12.6. The van der Waals surface area contributed by atoms with E-state index < -0.39 is 5.91 Å². The normalized spacial score (nSPS) is 15.4. The van der Waals surface area contributed by atoms with E-state index in [1.165, 1.54) is 0 Å². The average Bonchev–Trinajstić information content (AvgIpc) is 2.62. The van der Waals surface area contributed by atoms with Crippen LogP contribution in [0.4, 0.5) is 0 Å². The highest BCUT2D eigenvalue weighted by atomic mass is 16.5. The van der Waals surface area contributed by atoms with Crippen molar-refractivity contribution in [2.24, 2.45) is 7.05 Å². The van der Waals surface area contributed by atoms with Crippen LogP contribution in [-0.2, 0) is 11.8 Å². The van der Waals surface area contributed by atoms with Gasteiger partial charge in [-0.1, -0.05) is 11.6 Å². The average molecular weight is 344 g/mol. The molecule has 1 aromatic carbocycles. The van der Waals surface area contributed by atoms with Crippen molar-refractivity contribution in [3.8, 4) is 0 Å². The molecule has 0 aliphatic carbocycles. The molecule has 0 saturated carbocycles. The predicted molar refractivity (Wildman–Crippen MR) is 95.9 cm³/mol. The van der Waals surface area contributed by atoms with E-state index >= 15 is 0 Å². The van der Waals surface area contributed by atoms with Crippen molar-refractivity contribution in [3.63, 3.8) is 0 Å². The number of carbonyl (C=O) groups is 1. The molecule has 0 spiro atoms. The molecule has 1 fully saturated rings. The molecular weight excluding hydrogens is 320 g/mol. The Morgan fingerprint density at radius 2 is 2.08 bits per heavy atom. The molecule has 2 heterocycles. The number of aryl methyl sites for hydroxylation is 2. The summed E-state index contributed by atoms with van der Waals surface area (Å²) in [5, 5.41) is 7.50. The molecule has 1 N–H and O–H groups in total. The Kier molecular flexibility index (Phi) is 5.45. The van der Waals surface area contributed by atoms with E-state index in [-0.39, 0.29) is 11.1 Å². The van der Waals surface area contributed by atoms with E-state index in [0.29, 0.717) is 11.9 Å². The Morgan fingerprint density at radius 1 is 1.32 bits per heavy atom. The van der Waals surface area contributed by atoms with Gasteiger partial charge in [-0.2, -0.15) is 5.10 Å². The Balaban J connectivity index is 1.65. The molecule has 2 aromatic rings. The number of benzene rings is 1. The first-order valence-corrected chi connectivity index (χ1v) is 8.62. The van der Waals surface area contributed by atoms with E-state index in [1.54, 1.807) is 17.8 Å². The second-order valence-electron chi connectivity index (χ2n) is 6.39. The lowest BCUT2D eigenvalue weighted by molar-refractivity contribution is 0.0374. The summed E-state index contributed by atoms with van der Waals surface area (Å²) in [5.74, 6) is -0.411. The van der Waals surface area contributed by atoms with Gasteiger partial charge in [-0.3, -0.25) is 19.2 Å². The predicted octanol–water partition coefficient (Wildman–Crippen LogP) is 0.694. The minimum Gasteiger partial charge on any atom is -0.379 e. The third-order valence-electron chi connectivity index (χ3n) is 4.47. The number of morpholine rings is 1. The van der Waals surface area contributed by atoms with Crippen LogP contribution >= 0.6 is 0 Å². The van der Waals surface area contributed by atoms with E-state index in [4.69, 9.17) is 4.74 Å². The van der Waals surface area contributed by atoms with Gasteiger partial charge < -0.3 is 10.1 Å². The Labute approximate surface area is 146 Å². The minimum atomic E-state index is -0.411. The van der Waals surface area contributed by atoms with Crippen molar-refractivity contribution in [3.05, 3.63) is 39.7 Å². The molecule has 0 unspecified atom stereocenters. The molecule has 0 bridgehead atoms. The quantitative estimate of drug-likeness (QED) is 0.808. The summed E-state index contributed by atoms with van der Waals surface area (Å²) in [7, 11) is 1.74. The van der Waals surface area contributed by atoms with Crippen LogP contribution in [0.15, 0.2) is 23.0 Å². The standard InChI is InChI=1S/C18H24N4O3/c1-13-4-5-15-14(12-13)17(23)16(20-21(15)2)18(24)19-6-3-7-22-8-10-25-11-9-22/h4-5,12H,3,6-11H2,1-2H3,(H,19,24). The first-order chi connectivity index (χ1) is 12.1. The number of amides is 1. The maximum absolute atomic E-state index is 12.6. The number of nitrogens with zero attached hydrogens (tertiary/aromatic N) is 3. The molecule has 1 aliphatic heterocycles. The van der Waals surface area contributed by atoms with Gasteiger partial charge in [-0.05, 0) is 32.0 Å². The van der Waals surface area contributed by atoms with Crippen molar-refractivity contribution in [1.29, 1.82) is 0 Å². The highest BCUT2D eigenvalue weighted by Crippen LogP contribution is 2.11. The molecule has 1 amide bonds. The number of aromatic nitrogens is 2. The summed E-state index contributed by atoms with van der Waals surface area (Å²) in [4.78, 5) is 27.3. The molecule has 3 rings (SSSR count). The van der Waals surface area contributed by atoms with E-state index in [9.17, 15) is 9.59 Å². The Bertz CT molecular complexity index is 825. The molecule has 7 nitrogen and oxygen atoms in total. The molecule has 1 aromatic heterocycles. The van der Waals surface area contributed by atoms with Crippen LogP contribution in [-0.4, -0.2) is 60.0 Å².